The molecule has 0 saturated heterocycles. The third kappa shape index (κ3) is 6.28. The molecule has 148 valence electrons. The minimum Gasteiger partial charge on any atom is -0.493 e. The van der Waals surface area contributed by atoms with Crippen LogP contribution in [-0.4, -0.2) is 13.0 Å². The van der Waals surface area contributed by atoms with Gasteiger partial charge < -0.3 is 14.8 Å². The fraction of sp³-hybridized carbons (Fsp3) is 0.0870. The third-order valence-electron chi connectivity index (χ3n) is 3.98. The van der Waals surface area contributed by atoms with E-state index in [0.29, 0.717) is 33.8 Å². The maximum atomic E-state index is 12.1. The monoisotopic (exact) mass is 427 g/mol. The maximum absolute atomic E-state index is 12.1. The molecule has 3 rings (SSSR count). The summed E-state index contributed by atoms with van der Waals surface area (Å²) in [5.41, 5.74) is 2.39. The van der Waals surface area contributed by atoms with Gasteiger partial charge in [-0.25, -0.2) is 0 Å². The summed E-state index contributed by atoms with van der Waals surface area (Å²) in [7, 11) is 1.58. The van der Waals surface area contributed by atoms with Gasteiger partial charge in [-0.05, 0) is 47.5 Å². The molecule has 0 unspecified atom stereocenters. The predicted octanol–water partition coefficient (Wildman–Crippen LogP) is 6.23. The second-order valence-corrected chi connectivity index (χ2v) is 7.04. The van der Waals surface area contributed by atoms with E-state index in [2.05, 4.69) is 5.32 Å². The number of anilines is 1. The Morgan fingerprint density at radius 1 is 0.966 bits per heavy atom. The van der Waals surface area contributed by atoms with Crippen LogP contribution in [-0.2, 0) is 11.4 Å². The minimum absolute atomic E-state index is 0.299. The number of rotatable bonds is 7. The summed E-state index contributed by atoms with van der Waals surface area (Å²) in [5.74, 6) is 0.920. The number of nitrogens with one attached hydrogen (secondary N) is 1. The molecule has 1 N–H and O–H groups in total. The van der Waals surface area contributed by atoms with Gasteiger partial charge >= 0.3 is 0 Å². The highest BCUT2D eigenvalue weighted by Crippen LogP contribution is 2.29. The van der Waals surface area contributed by atoms with Crippen molar-refractivity contribution in [1.82, 2.24) is 0 Å². The quantitative estimate of drug-likeness (QED) is 0.454. The molecular weight excluding hydrogens is 409 g/mol. The molecule has 0 spiro atoms. The number of amides is 1. The number of benzene rings is 3. The highest BCUT2D eigenvalue weighted by Gasteiger charge is 2.06. The van der Waals surface area contributed by atoms with Gasteiger partial charge in [0.2, 0.25) is 5.91 Å². The summed E-state index contributed by atoms with van der Waals surface area (Å²) in [6.45, 7) is 0.441. The molecule has 6 heteroatoms. The van der Waals surface area contributed by atoms with Crippen LogP contribution in [0.3, 0.4) is 0 Å². The lowest BCUT2D eigenvalue weighted by Gasteiger charge is -2.11. The van der Waals surface area contributed by atoms with Gasteiger partial charge in [0.25, 0.3) is 0 Å². The molecule has 1 amide bonds. The Kier molecular flexibility index (Phi) is 7.17. The molecule has 0 aromatic heterocycles. The van der Waals surface area contributed by atoms with Crippen LogP contribution in [0.15, 0.2) is 72.8 Å². The van der Waals surface area contributed by atoms with E-state index < -0.39 is 0 Å². The molecule has 0 aliphatic carbocycles. The van der Waals surface area contributed by atoms with Crippen molar-refractivity contribution in [2.75, 3.05) is 12.4 Å². The third-order valence-corrected chi connectivity index (χ3v) is 4.42. The van der Waals surface area contributed by atoms with Crippen LogP contribution in [0.25, 0.3) is 6.08 Å². The lowest BCUT2D eigenvalue weighted by molar-refractivity contribution is -0.111. The zero-order valence-corrected chi connectivity index (χ0v) is 17.2. The number of hydrogen-bond acceptors (Lipinski definition) is 3. The molecule has 0 bridgehead atoms. The number of carbonyl (C=O) groups excluding carboxylic acids is 1. The van der Waals surface area contributed by atoms with Gasteiger partial charge in [-0.2, -0.15) is 0 Å². The van der Waals surface area contributed by atoms with Gasteiger partial charge in [0.05, 0.1) is 7.11 Å². The molecule has 0 saturated carbocycles. The molecule has 0 aliphatic heterocycles. The molecular formula is C23H19Cl2NO3. The molecule has 3 aromatic rings. The average molecular weight is 428 g/mol. The maximum Gasteiger partial charge on any atom is 0.248 e. The molecule has 0 heterocycles. The van der Waals surface area contributed by atoms with Crippen molar-refractivity contribution < 1.29 is 14.3 Å². The smallest absolute Gasteiger partial charge is 0.248 e. The summed E-state index contributed by atoms with van der Waals surface area (Å²) in [4.78, 5) is 12.1. The van der Waals surface area contributed by atoms with Gasteiger partial charge in [0.15, 0.2) is 11.5 Å². The Bertz CT molecular complexity index is 1000. The van der Waals surface area contributed by atoms with Crippen molar-refractivity contribution in [3.05, 3.63) is 94.0 Å². The van der Waals surface area contributed by atoms with E-state index in [-0.39, 0.29) is 5.91 Å². The van der Waals surface area contributed by atoms with Crippen LogP contribution >= 0.6 is 23.2 Å². The number of hydrogen-bond donors (Lipinski definition) is 1. The topological polar surface area (TPSA) is 47.6 Å². The molecule has 29 heavy (non-hydrogen) atoms. The van der Waals surface area contributed by atoms with Gasteiger partial charge in [-0.1, -0.05) is 59.6 Å². The first-order chi connectivity index (χ1) is 14.0. The Balaban J connectivity index is 1.65. The van der Waals surface area contributed by atoms with Crippen molar-refractivity contribution in [1.29, 1.82) is 0 Å². The highest BCUT2D eigenvalue weighted by molar-refractivity contribution is 6.35. The van der Waals surface area contributed by atoms with Crippen LogP contribution in [0.1, 0.15) is 11.1 Å². The summed E-state index contributed by atoms with van der Waals surface area (Å²) < 4.78 is 11.3. The lowest BCUT2D eigenvalue weighted by Crippen LogP contribution is -2.07. The normalized spacial score (nSPS) is 10.7. The SMILES string of the molecule is COc1cc(/C=C/C(=O)Nc2cc(Cl)cc(Cl)c2)ccc1OCc1ccccc1. The van der Waals surface area contributed by atoms with Gasteiger partial charge in [-0.3, -0.25) is 4.79 Å². The van der Waals surface area contributed by atoms with E-state index in [0.717, 1.165) is 11.1 Å². The molecule has 4 nitrogen and oxygen atoms in total. The first kappa shape index (κ1) is 20.8. The van der Waals surface area contributed by atoms with Crippen molar-refractivity contribution in [2.24, 2.45) is 0 Å². The summed E-state index contributed by atoms with van der Waals surface area (Å²) in [6.07, 6.45) is 3.11. The molecule has 0 aliphatic rings. The van der Waals surface area contributed by atoms with Crippen LogP contribution in [0.2, 0.25) is 10.0 Å². The largest absolute Gasteiger partial charge is 0.493 e. The lowest BCUT2D eigenvalue weighted by atomic mass is 10.2. The Labute approximate surface area is 179 Å². The van der Waals surface area contributed by atoms with Gasteiger partial charge in [-0.15, -0.1) is 0 Å². The standard InChI is InChI=1S/C23H19Cl2NO3/c1-28-22-11-16(7-9-21(22)29-15-17-5-3-2-4-6-17)8-10-23(27)26-20-13-18(24)12-19(25)14-20/h2-14H,15H2,1H3,(H,26,27)/b10-8+. The molecule has 0 radical (unpaired) electrons. The molecule has 0 atom stereocenters. The predicted molar refractivity (Wildman–Crippen MR) is 118 cm³/mol. The summed E-state index contributed by atoms with van der Waals surface area (Å²) in [6, 6.07) is 20.2. The van der Waals surface area contributed by atoms with Crippen molar-refractivity contribution >= 4 is 40.9 Å². The van der Waals surface area contributed by atoms with Crippen molar-refractivity contribution in [3.8, 4) is 11.5 Å². The van der Waals surface area contributed by atoms with Crippen LogP contribution in [0, 0.1) is 0 Å². The van der Waals surface area contributed by atoms with Gasteiger partial charge in [0, 0.05) is 21.8 Å². The van der Waals surface area contributed by atoms with Crippen molar-refractivity contribution in [2.45, 2.75) is 6.61 Å². The van der Waals surface area contributed by atoms with E-state index in [1.807, 2.05) is 42.5 Å². The highest BCUT2D eigenvalue weighted by atomic mass is 35.5. The van der Waals surface area contributed by atoms with E-state index >= 15 is 0 Å². The minimum atomic E-state index is -0.299. The van der Waals surface area contributed by atoms with Crippen LogP contribution in [0.4, 0.5) is 5.69 Å². The average Bonchev–Trinajstić information content (AvgIpc) is 2.71. The number of halogens is 2. The summed E-state index contributed by atoms with van der Waals surface area (Å²) in [5, 5.41) is 3.62. The zero-order chi connectivity index (χ0) is 20.6. The number of carbonyl (C=O) groups is 1. The van der Waals surface area contributed by atoms with Crippen LogP contribution < -0.4 is 14.8 Å². The Morgan fingerprint density at radius 3 is 2.38 bits per heavy atom. The molecule has 3 aromatic carbocycles. The second-order valence-electron chi connectivity index (χ2n) is 6.17. The summed E-state index contributed by atoms with van der Waals surface area (Å²) >= 11 is 11.9. The second kappa shape index (κ2) is 10.0. The van der Waals surface area contributed by atoms with E-state index in [4.69, 9.17) is 32.7 Å². The van der Waals surface area contributed by atoms with E-state index in [9.17, 15) is 4.79 Å². The first-order valence-corrected chi connectivity index (χ1v) is 9.59. The first-order valence-electron chi connectivity index (χ1n) is 8.83. The van der Waals surface area contributed by atoms with Crippen molar-refractivity contribution in [3.63, 3.8) is 0 Å². The number of methoxy groups -OCH3 is 1. The van der Waals surface area contributed by atoms with Crippen LogP contribution in [0.5, 0.6) is 11.5 Å². The Morgan fingerprint density at radius 2 is 1.69 bits per heavy atom. The van der Waals surface area contributed by atoms with E-state index in [1.54, 1.807) is 37.5 Å². The fourth-order valence-corrected chi connectivity index (χ4v) is 3.15. The Hall–Kier alpha value is -2.95. The van der Waals surface area contributed by atoms with Gasteiger partial charge in [0.1, 0.15) is 6.61 Å². The van der Waals surface area contributed by atoms with E-state index in [1.165, 1.54) is 6.08 Å². The fourth-order valence-electron chi connectivity index (χ4n) is 2.62. The number of ether oxygens (including phenoxy) is 2. The zero-order valence-electron chi connectivity index (χ0n) is 15.7. The molecule has 0 fully saturated rings.